The predicted octanol–water partition coefficient (Wildman–Crippen LogP) is 2.93. The Balaban J connectivity index is 1.52. The van der Waals surface area contributed by atoms with Gasteiger partial charge in [0.2, 0.25) is 0 Å². The van der Waals surface area contributed by atoms with E-state index in [0.717, 1.165) is 17.5 Å². The number of carbonyl (C=O) groups is 2. The second-order valence-corrected chi connectivity index (χ2v) is 5.85. The van der Waals surface area contributed by atoms with Gasteiger partial charge >= 0.3 is 12.1 Å². The minimum Gasteiger partial charge on any atom is -0.459 e. The second kappa shape index (κ2) is 8.28. The van der Waals surface area contributed by atoms with E-state index in [9.17, 15) is 9.59 Å². The maximum atomic E-state index is 12.3. The second-order valence-electron chi connectivity index (χ2n) is 5.85. The van der Waals surface area contributed by atoms with Gasteiger partial charge in [-0.15, -0.1) is 0 Å². The number of carbonyl (C=O) groups excluding carboxylic acids is 2. The van der Waals surface area contributed by atoms with Gasteiger partial charge in [-0.25, -0.2) is 9.59 Å². The predicted molar refractivity (Wildman–Crippen MR) is 90.4 cm³/mol. The number of nitrogens with zero attached hydrogens (tertiary/aromatic N) is 2. The zero-order valence-electron chi connectivity index (χ0n) is 13.8. The van der Waals surface area contributed by atoms with E-state index in [4.69, 9.17) is 9.47 Å². The fourth-order valence-corrected chi connectivity index (χ4v) is 2.76. The van der Waals surface area contributed by atoms with Gasteiger partial charge in [-0.05, 0) is 36.1 Å². The van der Waals surface area contributed by atoms with Crippen LogP contribution in [0, 0.1) is 0 Å². The number of hydrogen-bond donors (Lipinski definition) is 0. The molecule has 2 heterocycles. The highest BCUT2D eigenvalue weighted by Gasteiger charge is 2.36. The van der Waals surface area contributed by atoms with E-state index in [1.807, 2.05) is 30.3 Å². The zero-order valence-corrected chi connectivity index (χ0v) is 13.8. The van der Waals surface area contributed by atoms with Crippen LogP contribution in [0.15, 0.2) is 54.9 Å². The number of likely N-dealkylation sites (tertiary alicyclic amines) is 1. The van der Waals surface area contributed by atoms with Crippen molar-refractivity contribution in [1.82, 2.24) is 9.88 Å². The molecule has 0 bridgehead atoms. The Hall–Kier alpha value is -2.89. The van der Waals surface area contributed by atoms with E-state index < -0.39 is 18.1 Å². The molecule has 1 fully saturated rings. The molecule has 0 aliphatic carbocycles. The quantitative estimate of drug-likeness (QED) is 0.783. The molecule has 0 radical (unpaired) electrons. The lowest BCUT2D eigenvalue weighted by atomic mass is 10.2. The lowest BCUT2D eigenvalue weighted by Gasteiger charge is -2.22. The number of ether oxygens (including phenoxy) is 2. The first-order chi connectivity index (χ1) is 12.2. The van der Waals surface area contributed by atoms with Gasteiger partial charge in [0.25, 0.3) is 0 Å². The number of esters is 1. The van der Waals surface area contributed by atoms with Crippen LogP contribution in [0.1, 0.15) is 24.0 Å². The SMILES string of the molecule is O=C(OCc1ccncc1)C1CCCN1C(=O)OCc1ccccc1. The number of pyridine rings is 1. The van der Waals surface area contributed by atoms with Crippen molar-refractivity contribution in [3.05, 3.63) is 66.0 Å². The number of benzene rings is 1. The average molecular weight is 340 g/mol. The molecule has 1 aromatic heterocycles. The highest BCUT2D eigenvalue weighted by atomic mass is 16.6. The molecule has 6 nitrogen and oxygen atoms in total. The topological polar surface area (TPSA) is 68.7 Å². The summed E-state index contributed by atoms with van der Waals surface area (Å²) in [6.45, 7) is 0.863. The molecule has 1 aliphatic rings. The Kier molecular flexibility index (Phi) is 5.61. The third-order valence-electron chi connectivity index (χ3n) is 4.09. The summed E-state index contributed by atoms with van der Waals surface area (Å²) in [5, 5.41) is 0. The summed E-state index contributed by atoms with van der Waals surface area (Å²) in [6, 6.07) is 12.4. The molecular formula is C19H20N2O4. The van der Waals surface area contributed by atoms with Gasteiger partial charge in [-0.3, -0.25) is 9.88 Å². The maximum Gasteiger partial charge on any atom is 0.410 e. The van der Waals surface area contributed by atoms with E-state index in [-0.39, 0.29) is 13.2 Å². The molecule has 1 atom stereocenters. The summed E-state index contributed by atoms with van der Waals surface area (Å²) in [7, 11) is 0. The van der Waals surface area contributed by atoms with Crippen molar-refractivity contribution in [2.24, 2.45) is 0 Å². The van der Waals surface area contributed by atoms with Gasteiger partial charge in [-0.1, -0.05) is 30.3 Å². The van der Waals surface area contributed by atoms with Gasteiger partial charge in [-0.2, -0.15) is 0 Å². The van der Waals surface area contributed by atoms with Crippen LogP contribution < -0.4 is 0 Å². The summed E-state index contributed by atoms with van der Waals surface area (Å²) in [5.41, 5.74) is 1.77. The van der Waals surface area contributed by atoms with Crippen molar-refractivity contribution in [3.63, 3.8) is 0 Å². The van der Waals surface area contributed by atoms with Crippen LogP contribution in [-0.2, 0) is 27.5 Å². The number of hydrogen-bond acceptors (Lipinski definition) is 5. The van der Waals surface area contributed by atoms with Crippen LogP contribution in [0.3, 0.4) is 0 Å². The normalized spacial score (nSPS) is 16.5. The number of aromatic nitrogens is 1. The minimum absolute atomic E-state index is 0.171. The summed E-state index contributed by atoms with van der Waals surface area (Å²) >= 11 is 0. The third kappa shape index (κ3) is 4.56. The lowest BCUT2D eigenvalue weighted by molar-refractivity contribution is -0.149. The van der Waals surface area contributed by atoms with Crippen molar-refractivity contribution in [2.75, 3.05) is 6.54 Å². The van der Waals surface area contributed by atoms with Gasteiger partial charge in [0.1, 0.15) is 19.3 Å². The Morgan fingerprint density at radius 3 is 2.44 bits per heavy atom. The van der Waals surface area contributed by atoms with Crippen LogP contribution in [0.25, 0.3) is 0 Å². The first-order valence-corrected chi connectivity index (χ1v) is 8.27. The Morgan fingerprint density at radius 1 is 1.00 bits per heavy atom. The summed E-state index contributed by atoms with van der Waals surface area (Å²) in [5.74, 6) is -0.397. The van der Waals surface area contributed by atoms with E-state index in [1.54, 1.807) is 24.5 Å². The molecule has 0 spiro atoms. The third-order valence-corrected chi connectivity index (χ3v) is 4.09. The Morgan fingerprint density at radius 2 is 1.68 bits per heavy atom. The van der Waals surface area contributed by atoms with Crippen molar-refractivity contribution < 1.29 is 19.1 Å². The van der Waals surface area contributed by atoms with E-state index in [2.05, 4.69) is 4.98 Å². The van der Waals surface area contributed by atoms with Crippen LogP contribution in [0.4, 0.5) is 4.79 Å². The molecule has 1 aromatic carbocycles. The smallest absolute Gasteiger partial charge is 0.410 e. The van der Waals surface area contributed by atoms with Crippen LogP contribution >= 0.6 is 0 Å². The maximum absolute atomic E-state index is 12.3. The molecular weight excluding hydrogens is 320 g/mol. The first kappa shape index (κ1) is 17.0. The molecule has 2 aromatic rings. The van der Waals surface area contributed by atoms with Crippen LogP contribution in [-0.4, -0.2) is 34.5 Å². The van der Waals surface area contributed by atoms with Crippen molar-refractivity contribution in [2.45, 2.75) is 32.1 Å². The molecule has 1 aliphatic heterocycles. The van der Waals surface area contributed by atoms with Gasteiger partial charge in [0, 0.05) is 18.9 Å². The molecule has 0 N–H and O–H groups in total. The molecule has 1 unspecified atom stereocenters. The standard InChI is InChI=1S/C19H20N2O4/c22-18(24-13-16-8-10-20-11-9-16)17-7-4-12-21(17)19(23)25-14-15-5-2-1-3-6-15/h1-3,5-6,8-11,17H,4,7,12-14H2. The van der Waals surface area contributed by atoms with Crippen molar-refractivity contribution in [3.8, 4) is 0 Å². The Bertz CT molecular complexity index is 644. The van der Waals surface area contributed by atoms with Gasteiger partial charge in [0.15, 0.2) is 0 Å². The summed E-state index contributed by atoms with van der Waals surface area (Å²) in [6.07, 6.45) is 4.16. The van der Waals surface area contributed by atoms with Crippen LogP contribution in [0.5, 0.6) is 0 Å². The lowest BCUT2D eigenvalue weighted by Crippen LogP contribution is -2.41. The van der Waals surface area contributed by atoms with Gasteiger partial charge in [0.05, 0.1) is 0 Å². The van der Waals surface area contributed by atoms with Crippen molar-refractivity contribution >= 4 is 12.1 Å². The van der Waals surface area contributed by atoms with E-state index in [0.29, 0.717) is 13.0 Å². The monoisotopic (exact) mass is 340 g/mol. The molecule has 6 heteroatoms. The van der Waals surface area contributed by atoms with E-state index >= 15 is 0 Å². The molecule has 1 saturated heterocycles. The first-order valence-electron chi connectivity index (χ1n) is 8.27. The number of rotatable bonds is 5. The average Bonchev–Trinajstić information content (AvgIpc) is 3.16. The van der Waals surface area contributed by atoms with E-state index in [1.165, 1.54) is 4.90 Å². The largest absolute Gasteiger partial charge is 0.459 e. The minimum atomic E-state index is -0.579. The highest BCUT2D eigenvalue weighted by Crippen LogP contribution is 2.20. The molecule has 0 saturated carbocycles. The Labute approximate surface area is 146 Å². The fourth-order valence-electron chi connectivity index (χ4n) is 2.76. The van der Waals surface area contributed by atoms with Crippen molar-refractivity contribution in [1.29, 1.82) is 0 Å². The molecule has 25 heavy (non-hydrogen) atoms. The zero-order chi connectivity index (χ0) is 17.5. The molecule has 1 amide bonds. The van der Waals surface area contributed by atoms with Gasteiger partial charge < -0.3 is 9.47 Å². The molecule has 3 rings (SSSR count). The fraction of sp³-hybridized carbons (Fsp3) is 0.316. The summed E-state index contributed by atoms with van der Waals surface area (Å²) < 4.78 is 10.7. The van der Waals surface area contributed by atoms with Crippen LogP contribution in [0.2, 0.25) is 0 Å². The highest BCUT2D eigenvalue weighted by molar-refractivity contribution is 5.82. The summed E-state index contributed by atoms with van der Waals surface area (Å²) in [4.78, 5) is 30.0. The molecule has 130 valence electrons. The number of amides is 1.